The van der Waals surface area contributed by atoms with Gasteiger partial charge in [-0.1, -0.05) is 6.07 Å². The predicted octanol–water partition coefficient (Wildman–Crippen LogP) is 2.50. The van der Waals surface area contributed by atoms with Crippen molar-refractivity contribution in [1.82, 2.24) is 0 Å². The molecule has 0 aliphatic carbocycles. The maximum Gasteiger partial charge on any atom is 0.336 e. The number of sulfonamides is 1. The molecule has 2 aromatic carbocycles. The number of nitrogens with one attached hydrogen (secondary N) is 1. The van der Waals surface area contributed by atoms with E-state index in [2.05, 4.69) is 4.72 Å². The van der Waals surface area contributed by atoms with Crippen molar-refractivity contribution in [3.63, 3.8) is 0 Å². The summed E-state index contributed by atoms with van der Waals surface area (Å²) in [5, 5.41) is 9.07. The van der Waals surface area contributed by atoms with Crippen molar-refractivity contribution >= 4 is 21.7 Å². The summed E-state index contributed by atoms with van der Waals surface area (Å²) in [6.07, 6.45) is 0. The van der Waals surface area contributed by atoms with Gasteiger partial charge >= 0.3 is 5.97 Å². The maximum absolute atomic E-state index is 12.3. The highest BCUT2D eigenvalue weighted by Crippen LogP contribution is 2.23. The molecule has 2 aromatic rings. The third kappa shape index (κ3) is 3.20. The molecule has 0 spiro atoms. The van der Waals surface area contributed by atoms with Gasteiger partial charge in [0.25, 0.3) is 10.0 Å². The highest BCUT2D eigenvalue weighted by atomic mass is 32.2. The number of ether oxygens (including phenoxy) is 1. The molecule has 22 heavy (non-hydrogen) atoms. The SMILES string of the molecule is COc1ccc(S(=O)(=O)Nc2cccc(C(=O)O)c2C)cc1. The molecule has 0 heterocycles. The zero-order valence-corrected chi connectivity index (χ0v) is 12.8. The molecule has 0 saturated carbocycles. The lowest BCUT2D eigenvalue weighted by atomic mass is 10.1. The minimum Gasteiger partial charge on any atom is -0.497 e. The standard InChI is InChI=1S/C15H15NO5S/c1-10-13(15(17)18)4-3-5-14(10)16-22(19,20)12-8-6-11(21-2)7-9-12/h3-9,16H,1-2H3,(H,17,18). The number of carboxylic acid groups (broad SMARTS) is 1. The Hall–Kier alpha value is -2.54. The molecule has 0 bridgehead atoms. The van der Waals surface area contributed by atoms with Crippen molar-refractivity contribution < 1.29 is 23.1 Å². The molecule has 7 heteroatoms. The van der Waals surface area contributed by atoms with Gasteiger partial charge in [-0.15, -0.1) is 0 Å². The van der Waals surface area contributed by atoms with Crippen molar-refractivity contribution in [1.29, 1.82) is 0 Å². The minimum atomic E-state index is -3.80. The van der Waals surface area contributed by atoms with E-state index >= 15 is 0 Å². The van der Waals surface area contributed by atoms with Gasteiger partial charge in [-0.05, 0) is 48.9 Å². The van der Waals surface area contributed by atoms with Crippen molar-refractivity contribution in [3.05, 3.63) is 53.6 Å². The van der Waals surface area contributed by atoms with Gasteiger partial charge < -0.3 is 9.84 Å². The molecule has 0 fully saturated rings. The third-order valence-electron chi connectivity index (χ3n) is 3.18. The minimum absolute atomic E-state index is 0.0509. The van der Waals surface area contributed by atoms with Gasteiger partial charge in [-0.2, -0.15) is 0 Å². The van der Waals surface area contributed by atoms with Crippen LogP contribution in [0.15, 0.2) is 47.4 Å². The van der Waals surface area contributed by atoms with E-state index in [-0.39, 0.29) is 16.1 Å². The molecule has 2 N–H and O–H groups in total. The van der Waals surface area contributed by atoms with Gasteiger partial charge in [0.05, 0.1) is 23.3 Å². The van der Waals surface area contributed by atoms with Crippen LogP contribution in [0.25, 0.3) is 0 Å². The highest BCUT2D eigenvalue weighted by Gasteiger charge is 2.17. The molecular formula is C15H15NO5S. The van der Waals surface area contributed by atoms with Crippen molar-refractivity contribution in [3.8, 4) is 5.75 Å². The largest absolute Gasteiger partial charge is 0.497 e. The summed E-state index contributed by atoms with van der Waals surface area (Å²) in [5.41, 5.74) is 0.637. The quantitative estimate of drug-likeness (QED) is 0.882. The molecule has 0 unspecified atom stereocenters. The predicted molar refractivity (Wildman–Crippen MR) is 81.9 cm³/mol. The van der Waals surface area contributed by atoms with Crippen LogP contribution >= 0.6 is 0 Å². The second-order valence-corrected chi connectivity index (χ2v) is 6.25. The van der Waals surface area contributed by atoms with E-state index in [0.29, 0.717) is 11.3 Å². The Morgan fingerprint density at radius 2 is 1.77 bits per heavy atom. The number of aromatic carboxylic acids is 1. The second-order valence-electron chi connectivity index (χ2n) is 4.56. The van der Waals surface area contributed by atoms with E-state index in [1.54, 1.807) is 6.92 Å². The first-order valence-corrected chi connectivity index (χ1v) is 7.83. The number of carbonyl (C=O) groups is 1. The first-order valence-electron chi connectivity index (χ1n) is 6.35. The molecule has 0 aliphatic heterocycles. The summed E-state index contributed by atoms with van der Waals surface area (Å²) in [7, 11) is -2.31. The van der Waals surface area contributed by atoms with Crippen LogP contribution in [0.4, 0.5) is 5.69 Å². The topological polar surface area (TPSA) is 92.7 Å². The number of anilines is 1. The average Bonchev–Trinajstić information content (AvgIpc) is 2.49. The van der Waals surface area contributed by atoms with E-state index in [1.807, 2.05) is 0 Å². The van der Waals surface area contributed by atoms with E-state index in [0.717, 1.165) is 0 Å². The fraction of sp³-hybridized carbons (Fsp3) is 0.133. The molecule has 0 saturated heterocycles. The number of hydrogen-bond donors (Lipinski definition) is 2. The lowest BCUT2D eigenvalue weighted by Gasteiger charge is -2.12. The van der Waals surface area contributed by atoms with E-state index in [1.165, 1.54) is 49.6 Å². The monoisotopic (exact) mass is 321 g/mol. The van der Waals surface area contributed by atoms with Crippen LogP contribution in [-0.4, -0.2) is 26.6 Å². The van der Waals surface area contributed by atoms with Gasteiger partial charge in [0.2, 0.25) is 0 Å². The van der Waals surface area contributed by atoms with Gasteiger partial charge in [0, 0.05) is 0 Å². The third-order valence-corrected chi connectivity index (χ3v) is 4.56. The summed E-state index contributed by atoms with van der Waals surface area (Å²) < 4.78 is 32.1. The Kier molecular flexibility index (Phi) is 4.37. The molecule has 0 radical (unpaired) electrons. The number of methoxy groups -OCH3 is 1. The van der Waals surface area contributed by atoms with E-state index in [9.17, 15) is 13.2 Å². The molecule has 0 aliphatic rings. The van der Waals surface area contributed by atoms with Crippen LogP contribution < -0.4 is 9.46 Å². The zero-order valence-electron chi connectivity index (χ0n) is 12.0. The highest BCUT2D eigenvalue weighted by molar-refractivity contribution is 7.92. The van der Waals surface area contributed by atoms with Crippen molar-refractivity contribution in [2.45, 2.75) is 11.8 Å². The van der Waals surface area contributed by atoms with Crippen molar-refractivity contribution in [2.75, 3.05) is 11.8 Å². The molecule has 116 valence electrons. The molecule has 2 rings (SSSR count). The summed E-state index contributed by atoms with van der Waals surface area (Å²) in [4.78, 5) is 11.2. The normalized spacial score (nSPS) is 11.0. The van der Waals surface area contributed by atoms with Crippen LogP contribution in [0.3, 0.4) is 0 Å². The molecule has 6 nitrogen and oxygen atoms in total. The summed E-state index contributed by atoms with van der Waals surface area (Å²) in [6.45, 7) is 1.55. The lowest BCUT2D eigenvalue weighted by Crippen LogP contribution is -2.14. The van der Waals surface area contributed by atoms with Crippen LogP contribution in [0.1, 0.15) is 15.9 Å². The molecule has 0 atom stereocenters. The Morgan fingerprint density at radius 1 is 1.14 bits per heavy atom. The zero-order chi connectivity index (χ0) is 16.3. The lowest BCUT2D eigenvalue weighted by molar-refractivity contribution is 0.0696. The fourth-order valence-corrected chi connectivity index (χ4v) is 3.06. The van der Waals surface area contributed by atoms with Gasteiger partial charge in [0.1, 0.15) is 5.75 Å². The number of hydrogen-bond acceptors (Lipinski definition) is 4. The number of rotatable bonds is 5. The van der Waals surface area contributed by atoms with Gasteiger partial charge in [0.15, 0.2) is 0 Å². The maximum atomic E-state index is 12.3. The molecular weight excluding hydrogens is 306 g/mol. The Labute approximate surface area is 128 Å². The Balaban J connectivity index is 2.36. The average molecular weight is 321 g/mol. The van der Waals surface area contributed by atoms with Crippen LogP contribution in [-0.2, 0) is 10.0 Å². The number of carboxylic acids is 1. The fourth-order valence-electron chi connectivity index (χ4n) is 1.94. The Morgan fingerprint density at radius 3 is 2.32 bits per heavy atom. The van der Waals surface area contributed by atoms with Crippen LogP contribution in [0.5, 0.6) is 5.75 Å². The van der Waals surface area contributed by atoms with Crippen LogP contribution in [0.2, 0.25) is 0 Å². The summed E-state index contributed by atoms with van der Waals surface area (Å²) in [6, 6.07) is 10.3. The second kappa shape index (κ2) is 6.07. The van der Waals surface area contributed by atoms with Gasteiger partial charge in [-0.3, -0.25) is 4.72 Å². The first-order chi connectivity index (χ1) is 10.3. The van der Waals surface area contributed by atoms with Crippen molar-refractivity contribution in [2.24, 2.45) is 0 Å². The molecule has 0 aromatic heterocycles. The first kappa shape index (κ1) is 15.8. The van der Waals surface area contributed by atoms with Crippen LogP contribution in [0, 0.1) is 6.92 Å². The van der Waals surface area contributed by atoms with Gasteiger partial charge in [-0.25, -0.2) is 13.2 Å². The summed E-state index contributed by atoms with van der Waals surface area (Å²) in [5.74, 6) is -0.564. The smallest absolute Gasteiger partial charge is 0.336 e. The summed E-state index contributed by atoms with van der Waals surface area (Å²) >= 11 is 0. The molecule has 0 amide bonds. The van der Waals surface area contributed by atoms with E-state index < -0.39 is 16.0 Å². The number of benzene rings is 2. The van der Waals surface area contributed by atoms with E-state index in [4.69, 9.17) is 9.84 Å². The Bertz CT molecular complexity index is 797.